The quantitative estimate of drug-likeness (QED) is 0.365. The number of carbonyl (C=O) groups is 3. The zero-order valence-corrected chi connectivity index (χ0v) is 22.2. The van der Waals surface area contributed by atoms with Crippen LogP contribution in [0.2, 0.25) is 0 Å². The third-order valence-corrected chi connectivity index (χ3v) is 7.29. The lowest BCUT2D eigenvalue weighted by Crippen LogP contribution is -2.36. The smallest absolute Gasteiger partial charge is 0.325 e. The summed E-state index contributed by atoms with van der Waals surface area (Å²) in [5, 5.41) is 13.2. The highest BCUT2D eigenvalue weighted by atomic mass is 19.1. The fraction of sp³-hybridized carbons (Fsp3) is 0.393. The van der Waals surface area contributed by atoms with E-state index in [1.807, 2.05) is 30.1 Å². The molecule has 1 fully saturated rings. The number of nitrogens with zero attached hydrogens (tertiary/aromatic N) is 5. The molecule has 3 heterocycles. The predicted octanol–water partition coefficient (Wildman–Crippen LogP) is 3.13. The van der Waals surface area contributed by atoms with E-state index in [0.717, 1.165) is 16.6 Å². The fourth-order valence-electron chi connectivity index (χ4n) is 5.31. The third kappa shape index (κ3) is 5.21. The van der Waals surface area contributed by atoms with E-state index >= 15 is 4.39 Å². The van der Waals surface area contributed by atoms with Gasteiger partial charge in [-0.2, -0.15) is 10.2 Å². The van der Waals surface area contributed by atoms with Crippen molar-refractivity contribution in [2.24, 2.45) is 7.05 Å². The number of nitrogens with one attached hydrogen (secondary N) is 1. The molecule has 0 aliphatic carbocycles. The molecule has 1 aliphatic heterocycles. The molecule has 204 valence electrons. The van der Waals surface area contributed by atoms with Crippen molar-refractivity contribution in [2.45, 2.75) is 39.2 Å². The molecule has 0 saturated carbocycles. The number of rotatable bonds is 7. The lowest BCUT2D eigenvalue weighted by atomic mass is 9.89. The van der Waals surface area contributed by atoms with Crippen LogP contribution in [0.3, 0.4) is 0 Å². The van der Waals surface area contributed by atoms with Crippen molar-refractivity contribution in [3.05, 3.63) is 48.0 Å². The van der Waals surface area contributed by atoms with Crippen molar-refractivity contribution in [3.8, 4) is 11.1 Å². The van der Waals surface area contributed by atoms with E-state index < -0.39 is 11.9 Å². The summed E-state index contributed by atoms with van der Waals surface area (Å²) in [6.07, 6.45) is 3.04. The normalized spacial score (nSPS) is 14.2. The maximum Gasteiger partial charge on any atom is 0.325 e. The SMILES string of the molecule is CCOC(=O)CNC(=O)Cn1nc(C2CCN(C(C)=O)CC2)c2c(-c3cc4c(cnn4C)cc3F)cccc21. The molecule has 0 spiro atoms. The van der Waals surface area contributed by atoms with E-state index in [1.165, 1.54) is 6.07 Å². The van der Waals surface area contributed by atoms with Crippen molar-refractivity contribution in [1.82, 2.24) is 29.8 Å². The van der Waals surface area contributed by atoms with E-state index in [9.17, 15) is 14.4 Å². The molecular formula is C28H31FN6O4. The summed E-state index contributed by atoms with van der Waals surface area (Å²) in [5.41, 5.74) is 3.35. The number of benzene rings is 2. The molecule has 1 N–H and O–H groups in total. The van der Waals surface area contributed by atoms with Crippen molar-refractivity contribution in [1.29, 1.82) is 0 Å². The second-order valence-electron chi connectivity index (χ2n) is 9.76. The Morgan fingerprint density at radius 1 is 1.13 bits per heavy atom. The van der Waals surface area contributed by atoms with Crippen molar-refractivity contribution in [3.63, 3.8) is 0 Å². The van der Waals surface area contributed by atoms with Crippen LogP contribution in [0.15, 0.2) is 36.5 Å². The van der Waals surface area contributed by atoms with E-state index in [-0.39, 0.29) is 37.3 Å². The molecule has 2 aromatic heterocycles. The monoisotopic (exact) mass is 534 g/mol. The first-order chi connectivity index (χ1) is 18.8. The number of ether oxygens (including phenoxy) is 1. The lowest BCUT2D eigenvalue weighted by Gasteiger charge is -2.30. The maximum absolute atomic E-state index is 15.5. The molecule has 39 heavy (non-hydrogen) atoms. The Balaban J connectivity index is 1.58. The van der Waals surface area contributed by atoms with E-state index in [4.69, 9.17) is 9.84 Å². The minimum atomic E-state index is -0.516. The number of amides is 2. The zero-order chi connectivity index (χ0) is 27.7. The van der Waals surface area contributed by atoms with Crippen LogP contribution in [-0.2, 0) is 32.7 Å². The van der Waals surface area contributed by atoms with E-state index in [0.29, 0.717) is 48.0 Å². The highest BCUT2D eigenvalue weighted by Crippen LogP contribution is 2.39. The highest BCUT2D eigenvalue weighted by Gasteiger charge is 2.28. The first kappa shape index (κ1) is 26.3. The summed E-state index contributed by atoms with van der Waals surface area (Å²) in [5.74, 6) is -1.22. The van der Waals surface area contributed by atoms with Gasteiger partial charge in [-0.15, -0.1) is 0 Å². The minimum absolute atomic E-state index is 0.0246. The first-order valence-electron chi connectivity index (χ1n) is 13.1. The summed E-state index contributed by atoms with van der Waals surface area (Å²) in [7, 11) is 1.81. The molecule has 4 aromatic rings. The fourth-order valence-corrected chi connectivity index (χ4v) is 5.31. The van der Waals surface area contributed by atoms with Crippen LogP contribution in [0.1, 0.15) is 38.3 Å². The molecule has 0 radical (unpaired) electrons. The van der Waals surface area contributed by atoms with Gasteiger partial charge in [-0.3, -0.25) is 23.7 Å². The van der Waals surface area contributed by atoms with E-state index in [2.05, 4.69) is 10.4 Å². The number of hydrogen-bond donors (Lipinski definition) is 1. The molecule has 11 heteroatoms. The van der Waals surface area contributed by atoms with Crippen molar-refractivity contribution in [2.75, 3.05) is 26.2 Å². The van der Waals surface area contributed by atoms with Crippen LogP contribution >= 0.6 is 0 Å². The Bertz CT molecular complexity index is 1570. The predicted molar refractivity (Wildman–Crippen MR) is 143 cm³/mol. The van der Waals surface area contributed by atoms with Gasteiger partial charge in [0.1, 0.15) is 18.9 Å². The molecule has 1 aliphatic rings. The molecule has 0 bridgehead atoms. The number of aryl methyl sites for hydroxylation is 1. The van der Waals surface area contributed by atoms with Crippen LogP contribution in [0.4, 0.5) is 4.39 Å². The molecule has 2 aromatic carbocycles. The standard InChI is InChI=1S/C28H31FN6O4/c1-4-39-26(38)15-30-25(37)16-35-23-7-5-6-20(21-13-24-19(12-22(21)29)14-31-33(24)3)27(23)28(32-35)18-8-10-34(11-9-18)17(2)36/h5-7,12-14,18H,4,8-11,15-16H2,1-3H3,(H,30,37). The number of carbonyl (C=O) groups excluding carboxylic acids is 3. The van der Waals surface area contributed by atoms with Crippen LogP contribution < -0.4 is 5.32 Å². The van der Waals surface area contributed by atoms with Crippen LogP contribution in [0, 0.1) is 5.82 Å². The van der Waals surface area contributed by atoms with Gasteiger partial charge in [-0.25, -0.2) is 4.39 Å². The largest absolute Gasteiger partial charge is 0.465 e. The Labute approximate surface area is 224 Å². The van der Waals surface area contributed by atoms with Crippen LogP contribution in [0.25, 0.3) is 32.9 Å². The highest BCUT2D eigenvalue weighted by molar-refractivity contribution is 6.00. The van der Waals surface area contributed by atoms with Gasteiger partial charge in [0.2, 0.25) is 11.8 Å². The molecule has 0 unspecified atom stereocenters. The molecule has 5 rings (SSSR count). The summed E-state index contributed by atoms with van der Waals surface area (Å²) < 4.78 is 23.7. The van der Waals surface area contributed by atoms with Crippen molar-refractivity contribution < 1.29 is 23.5 Å². The molecule has 0 atom stereocenters. The Morgan fingerprint density at radius 2 is 1.90 bits per heavy atom. The van der Waals surface area contributed by atoms with Gasteiger partial charge in [0, 0.05) is 49.3 Å². The van der Waals surface area contributed by atoms with Gasteiger partial charge in [0.25, 0.3) is 0 Å². The number of esters is 1. The number of hydrogen-bond acceptors (Lipinski definition) is 6. The zero-order valence-electron chi connectivity index (χ0n) is 22.2. The molecule has 10 nitrogen and oxygen atoms in total. The minimum Gasteiger partial charge on any atom is -0.465 e. The van der Waals surface area contributed by atoms with E-state index in [1.54, 1.807) is 35.5 Å². The van der Waals surface area contributed by atoms with Gasteiger partial charge in [-0.05, 0) is 43.5 Å². The van der Waals surface area contributed by atoms with Gasteiger partial charge in [0.15, 0.2) is 0 Å². The Hall–Kier alpha value is -4.28. The summed E-state index contributed by atoms with van der Waals surface area (Å²) in [6.45, 7) is 4.35. The number of aromatic nitrogens is 4. The number of likely N-dealkylation sites (tertiary alicyclic amines) is 1. The number of piperidine rings is 1. The average molecular weight is 535 g/mol. The maximum atomic E-state index is 15.5. The molecule has 2 amide bonds. The van der Waals surface area contributed by atoms with Gasteiger partial charge in [-0.1, -0.05) is 12.1 Å². The van der Waals surface area contributed by atoms with Crippen LogP contribution in [0.5, 0.6) is 0 Å². The molecular weight excluding hydrogens is 503 g/mol. The topological polar surface area (TPSA) is 111 Å². The second kappa shape index (κ2) is 10.8. The van der Waals surface area contributed by atoms with Gasteiger partial charge in [0.05, 0.1) is 29.5 Å². The number of fused-ring (bicyclic) bond motifs is 2. The third-order valence-electron chi connectivity index (χ3n) is 7.29. The summed E-state index contributed by atoms with van der Waals surface area (Å²) >= 11 is 0. The summed E-state index contributed by atoms with van der Waals surface area (Å²) in [6, 6.07) is 8.82. The lowest BCUT2D eigenvalue weighted by molar-refractivity contribution is -0.143. The second-order valence-corrected chi connectivity index (χ2v) is 9.76. The van der Waals surface area contributed by atoms with Gasteiger partial charge < -0.3 is 15.0 Å². The average Bonchev–Trinajstić information content (AvgIpc) is 3.47. The Kier molecular flexibility index (Phi) is 7.32. The first-order valence-corrected chi connectivity index (χ1v) is 13.1. The summed E-state index contributed by atoms with van der Waals surface area (Å²) in [4.78, 5) is 38.2. The van der Waals surface area contributed by atoms with Gasteiger partial charge >= 0.3 is 5.97 Å². The molecule has 1 saturated heterocycles. The van der Waals surface area contributed by atoms with Crippen LogP contribution in [-0.4, -0.2) is 68.5 Å². The Morgan fingerprint density at radius 3 is 2.62 bits per heavy atom. The number of halogens is 1. The van der Waals surface area contributed by atoms with Crippen molar-refractivity contribution >= 4 is 39.6 Å².